The summed E-state index contributed by atoms with van der Waals surface area (Å²) >= 11 is 0. The average molecular weight is 292 g/mol. The number of aliphatic hydroxyl groups is 1. The van der Waals surface area contributed by atoms with E-state index in [4.69, 9.17) is 5.73 Å². The molecular formula is C17H28N2O2. The van der Waals surface area contributed by atoms with Crippen molar-refractivity contribution in [1.29, 1.82) is 0 Å². The standard InChI is InChI=1S/C17H28N2O2/c1-16(2,3)10-14(20)11-19-15(21)17(4,5)12-6-8-13(18)9-7-12/h6-9,14,20H,10-11,18H2,1-5H3,(H,19,21). The Morgan fingerprint density at radius 1 is 1.19 bits per heavy atom. The largest absolute Gasteiger partial charge is 0.399 e. The number of nitrogens with two attached hydrogens (primary N) is 1. The zero-order valence-corrected chi connectivity index (χ0v) is 13.7. The van der Waals surface area contributed by atoms with Gasteiger partial charge in [0.25, 0.3) is 0 Å². The molecule has 0 spiro atoms. The van der Waals surface area contributed by atoms with E-state index in [0.717, 1.165) is 5.56 Å². The van der Waals surface area contributed by atoms with E-state index >= 15 is 0 Å². The SMILES string of the molecule is CC(C)(C)CC(O)CNC(=O)C(C)(C)c1ccc(N)cc1. The molecule has 0 aliphatic heterocycles. The first-order valence-corrected chi connectivity index (χ1v) is 7.35. The summed E-state index contributed by atoms with van der Waals surface area (Å²) in [7, 11) is 0. The van der Waals surface area contributed by atoms with E-state index < -0.39 is 11.5 Å². The van der Waals surface area contributed by atoms with Crippen molar-refractivity contribution in [2.24, 2.45) is 5.41 Å². The molecular weight excluding hydrogens is 264 g/mol. The molecule has 1 atom stereocenters. The van der Waals surface area contributed by atoms with Gasteiger partial charge in [0.2, 0.25) is 5.91 Å². The Kier molecular flexibility index (Phi) is 5.40. The lowest BCUT2D eigenvalue weighted by atomic mass is 9.83. The Hall–Kier alpha value is -1.55. The molecule has 0 aliphatic carbocycles. The van der Waals surface area contributed by atoms with Crippen LogP contribution in [-0.4, -0.2) is 23.7 Å². The smallest absolute Gasteiger partial charge is 0.230 e. The molecule has 21 heavy (non-hydrogen) atoms. The highest BCUT2D eigenvalue weighted by atomic mass is 16.3. The second-order valence-electron chi connectivity index (χ2n) is 7.38. The van der Waals surface area contributed by atoms with Crippen molar-refractivity contribution in [3.63, 3.8) is 0 Å². The van der Waals surface area contributed by atoms with E-state index in [1.807, 2.05) is 26.0 Å². The molecule has 0 aromatic heterocycles. The van der Waals surface area contributed by atoms with E-state index in [1.165, 1.54) is 0 Å². The number of aliphatic hydroxyl groups excluding tert-OH is 1. The molecule has 0 saturated carbocycles. The van der Waals surface area contributed by atoms with Gasteiger partial charge < -0.3 is 16.2 Å². The minimum absolute atomic E-state index is 0.0383. The van der Waals surface area contributed by atoms with Gasteiger partial charge in [-0.3, -0.25) is 4.79 Å². The molecule has 0 aliphatic rings. The maximum atomic E-state index is 12.4. The minimum Gasteiger partial charge on any atom is -0.399 e. The molecule has 0 heterocycles. The number of hydrogen-bond acceptors (Lipinski definition) is 3. The molecule has 4 nitrogen and oxygen atoms in total. The van der Waals surface area contributed by atoms with Crippen LogP contribution in [0.3, 0.4) is 0 Å². The first-order valence-electron chi connectivity index (χ1n) is 7.35. The van der Waals surface area contributed by atoms with Crippen LogP contribution < -0.4 is 11.1 Å². The summed E-state index contributed by atoms with van der Waals surface area (Å²) in [6, 6.07) is 7.30. The second kappa shape index (κ2) is 6.48. The van der Waals surface area contributed by atoms with Crippen molar-refractivity contribution in [3.8, 4) is 0 Å². The van der Waals surface area contributed by atoms with Crippen molar-refractivity contribution in [3.05, 3.63) is 29.8 Å². The minimum atomic E-state index is -0.658. The van der Waals surface area contributed by atoms with E-state index in [2.05, 4.69) is 26.1 Å². The molecule has 4 N–H and O–H groups in total. The van der Waals surface area contributed by atoms with Crippen LogP contribution in [0.4, 0.5) is 5.69 Å². The van der Waals surface area contributed by atoms with Gasteiger partial charge in [0.05, 0.1) is 11.5 Å². The third-order valence-corrected chi connectivity index (χ3v) is 3.55. The lowest BCUT2D eigenvalue weighted by molar-refractivity contribution is -0.126. The molecule has 1 aromatic rings. The Balaban J connectivity index is 2.63. The van der Waals surface area contributed by atoms with E-state index in [-0.39, 0.29) is 17.9 Å². The number of amides is 1. The second-order valence-corrected chi connectivity index (χ2v) is 7.38. The number of anilines is 1. The van der Waals surface area contributed by atoms with Crippen LogP contribution in [-0.2, 0) is 10.2 Å². The van der Waals surface area contributed by atoms with Crippen LogP contribution >= 0.6 is 0 Å². The van der Waals surface area contributed by atoms with Gasteiger partial charge in [-0.2, -0.15) is 0 Å². The molecule has 0 fully saturated rings. The normalized spacial score (nSPS) is 13.8. The van der Waals surface area contributed by atoms with E-state index in [0.29, 0.717) is 12.1 Å². The average Bonchev–Trinajstić information content (AvgIpc) is 2.34. The number of carbonyl (C=O) groups excluding carboxylic acids is 1. The molecule has 0 bridgehead atoms. The molecule has 118 valence electrons. The highest BCUT2D eigenvalue weighted by molar-refractivity contribution is 5.87. The fourth-order valence-electron chi connectivity index (χ4n) is 2.24. The number of nitrogens with one attached hydrogen (secondary N) is 1. The molecule has 0 radical (unpaired) electrons. The number of carbonyl (C=O) groups is 1. The van der Waals surface area contributed by atoms with Crippen molar-refractivity contribution in [1.82, 2.24) is 5.32 Å². The Bertz CT molecular complexity index is 473. The molecule has 1 rings (SSSR count). The summed E-state index contributed by atoms with van der Waals surface area (Å²) in [6.07, 6.45) is 0.117. The van der Waals surface area contributed by atoms with Crippen LogP contribution in [0.15, 0.2) is 24.3 Å². The van der Waals surface area contributed by atoms with Crippen molar-refractivity contribution in [2.45, 2.75) is 52.6 Å². The summed E-state index contributed by atoms with van der Waals surface area (Å²) in [5.74, 6) is -0.0970. The first kappa shape index (κ1) is 17.5. The van der Waals surface area contributed by atoms with E-state index in [1.54, 1.807) is 12.1 Å². The summed E-state index contributed by atoms with van der Waals surface area (Å²) in [4.78, 5) is 12.4. The van der Waals surface area contributed by atoms with Gasteiger partial charge in [-0.25, -0.2) is 0 Å². The van der Waals surface area contributed by atoms with Gasteiger partial charge in [-0.05, 0) is 43.4 Å². The predicted octanol–water partition coefficient (Wildman–Crippen LogP) is 2.46. The number of hydrogen-bond donors (Lipinski definition) is 3. The summed E-state index contributed by atoms with van der Waals surface area (Å²) in [5.41, 5.74) is 6.63. The van der Waals surface area contributed by atoms with Gasteiger partial charge in [0.15, 0.2) is 0 Å². The van der Waals surface area contributed by atoms with Gasteiger partial charge >= 0.3 is 0 Å². The Morgan fingerprint density at radius 3 is 2.19 bits per heavy atom. The first-order chi connectivity index (χ1) is 9.52. The fraction of sp³-hybridized carbons (Fsp3) is 0.588. The number of rotatable bonds is 5. The van der Waals surface area contributed by atoms with Gasteiger partial charge in [-0.1, -0.05) is 32.9 Å². The van der Waals surface area contributed by atoms with Crippen LogP contribution in [0.5, 0.6) is 0 Å². The number of nitrogen functional groups attached to an aromatic ring is 1. The van der Waals surface area contributed by atoms with Gasteiger partial charge in [-0.15, -0.1) is 0 Å². The molecule has 0 saturated heterocycles. The predicted molar refractivity (Wildman–Crippen MR) is 87.0 cm³/mol. The molecule has 1 aromatic carbocycles. The third-order valence-electron chi connectivity index (χ3n) is 3.55. The maximum absolute atomic E-state index is 12.4. The molecule has 1 unspecified atom stereocenters. The quantitative estimate of drug-likeness (QED) is 0.730. The van der Waals surface area contributed by atoms with Crippen molar-refractivity contribution < 1.29 is 9.90 Å². The summed E-state index contributed by atoms with van der Waals surface area (Å²) in [5, 5.41) is 12.8. The van der Waals surface area contributed by atoms with Crippen LogP contribution in [0, 0.1) is 5.41 Å². The molecule has 1 amide bonds. The Morgan fingerprint density at radius 2 is 1.71 bits per heavy atom. The van der Waals surface area contributed by atoms with E-state index in [9.17, 15) is 9.90 Å². The lowest BCUT2D eigenvalue weighted by Gasteiger charge is -2.27. The fourth-order valence-corrected chi connectivity index (χ4v) is 2.24. The monoisotopic (exact) mass is 292 g/mol. The highest BCUT2D eigenvalue weighted by Gasteiger charge is 2.30. The van der Waals surface area contributed by atoms with Crippen LogP contribution in [0.25, 0.3) is 0 Å². The number of benzene rings is 1. The summed E-state index contributed by atoms with van der Waals surface area (Å²) < 4.78 is 0. The topological polar surface area (TPSA) is 75.3 Å². The van der Waals surface area contributed by atoms with Crippen molar-refractivity contribution in [2.75, 3.05) is 12.3 Å². The molecule has 4 heteroatoms. The zero-order chi connectivity index (χ0) is 16.3. The summed E-state index contributed by atoms with van der Waals surface area (Å²) in [6.45, 7) is 10.2. The lowest BCUT2D eigenvalue weighted by Crippen LogP contribution is -2.43. The Labute approximate surface area is 127 Å². The van der Waals surface area contributed by atoms with Gasteiger partial charge in [0, 0.05) is 12.2 Å². The van der Waals surface area contributed by atoms with Crippen LogP contribution in [0.2, 0.25) is 0 Å². The van der Waals surface area contributed by atoms with Crippen LogP contribution in [0.1, 0.15) is 46.6 Å². The zero-order valence-electron chi connectivity index (χ0n) is 13.7. The van der Waals surface area contributed by atoms with Gasteiger partial charge in [0.1, 0.15) is 0 Å². The maximum Gasteiger partial charge on any atom is 0.230 e. The highest BCUT2D eigenvalue weighted by Crippen LogP contribution is 2.25. The third kappa shape index (κ3) is 5.38. The van der Waals surface area contributed by atoms with Crippen molar-refractivity contribution >= 4 is 11.6 Å².